The molecular weight excluding hydrogens is 368 g/mol. The summed E-state index contributed by atoms with van der Waals surface area (Å²) in [5, 5.41) is 12.0. The third-order valence-electron chi connectivity index (χ3n) is 8.30. The molecule has 0 spiro atoms. The second-order valence-corrected chi connectivity index (χ2v) is 10.8. The summed E-state index contributed by atoms with van der Waals surface area (Å²) in [7, 11) is 0. The van der Waals surface area contributed by atoms with E-state index in [-0.39, 0.29) is 29.7 Å². The standard InChI is InChI=1S/C24H32O5/c1-21(2,3)20(27)29-19-9-12-24(28)18-6-5-15-13-16(26)7-11-23(15,14-25)17(18)8-10-22(19,24)4/h5-6,13-14,17-19,28H,7-12H2,1-4H3/t17-,18-,19-,22+,23+,24+/m0/s1. The zero-order valence-electron chi connectivity index (χ0n) is 17.9. The molecular formula is C24H32O5. The Kier molecular flexibility index (Phi) is 4.51. The van der Waals surface area contributed by atoms with E-state index in [0.717, 1.165) is 18.3 Å². The highest BCUT2D eigenvalue weighted by Gasteiger charge is 2.67. The molecule has 0 heterocycles. The van der Waals surface area contributed by atoms with Crippen molar-refractivity contribution in [2.75, 3.05) is 0 Å². The van der Waals surface area contributed by atoms with Gasteiger partial charge >= 0.3 is 5.97 Å². The van der Waals surface area contributed by atoms with Gasteiger partial charge < -0.3 is 14.6 Å². The molecule has 0 amide bonds. The predicted octanol–water partition coefficient (Wildman–Crippen LogP) is 3.55. The largest absolute Gasteiger partial charge is 0.461 e. The lowest BCUT2D eigenvalue weighted by Gasteiger charge is -2.58. The fourth-order valence-corrected chi connectivity index (χ4v) is 6.37. The van der Waals surface area contributed by atoms with Gasteiger partial charge in [-0.25, -0.2) is 0 Å². The first-order valence-corrected chi connectivity index (χ1v) is 10.8. The molecule has 6 atom stereocenters. The number of fused-ring (bicyclic) bond motifs is 5. The Morgan fingerprint density at radius 2 is 1.97 bits per heavy atom. The van der Waals surface area contributed by atoms with Crippen LogP contribution in [0.15, 0.2) is 23.8 Å². The molecule has 4 aliphatic rings. The van der Waals surface area contributed by atoms with Crippen molar-refractivity contribution in [3.05, 3.63) is 23.8 Å². The summed E-state index contributed by atoms with van der Waals surface area (Å²) in [4.78, 5) is 36.8. The predicted molar refractivity (Wildman–Crippen MR) is 108 cm³/mol. The molecule has 158 valence electrons. The molecule has 0 aliphatic heterocycles. The Balaban J connectivity index is 1.70. The van der Waals surface area contributed by atoms with E-state index in [1.54, 1.807) is 6.08 Å². The molecule has 2 saturated carbocycles. The van der Waals surface area contributed by atoms with Gasteiger partial charge in [0.25, 0.3) is 0 Å². The fourth-order valence-electron chi connectivity index (χ4n) is 6.37. The molecule has 0 aromatic rings. The zero-order chi connectivity index (χ0) is 21.2. The van der Waals surface area contributed by atoms with Crippen molar-refractivity contribution in [1.29, 1.82) is 0 Å². The van der Waals surface area contributed by atoms with Gasteiger partial charge in [-0.1, -0.05) is 19.1 Å². The maximum Gasteiger partial charge on any atom is 0.311 e. The van der Waals surface area contributed by atoms with Crippen LogP contribution in [-0.2, 0) is 19.1 Å². The Bertz CT molecular complexity index is 818. The van der Waals surface area contributed by atoms with Crippen molar-refractivity contribution in [3.8, 4) is 0 Å². The SMILES string of the molecule is CC(C)(C)C(=O)O[C@H]1CC[C@@]2(O)[C@H]3C=CC4=CC(=O)CC[C@]4(C=O)[C@H]3CC[C@]12C. The molecule has 0 aromatic carbocycles. The van der Waals surface area contributed by atoms with E-state index in [1.807, 2.05) is 39.8 Å². The highest BCUT2D eigenvalue weighted by molar-refractivity contribution is 5.94. The van der Waals surface area contributed by atoms with Gasteiger partial charge in [-0.2, -0.15) is 0 Å². The van der Waals surface area contributed by atoms with Gasteiger partial charge in [-0.05, 0) is 70.4 Å². The smallest absolute Gasteiger partial charge is 0.311 e. The van der Waals surface area contributed by atoms with E-state index in [2.05, 4.69) is 0 Å². The minimum Gasteiger partial charge on any atom is -0.461 e. The Morgan fingerprint density at radius 1 is 1.24 bits per heavy atom. The van der Waals surface area contributed by atoms with Gasteiger partial charge in [-0.3, -0.25) is 9.59 Å². The van der Waals surface area contributed by atoms with Crippen LogP contribution in [0.2, 0.25) is 0 Å². The summed E-state index contributed by atoms with van der Waals surface area (Å²) >= 11 is 0. The molecule has 4 aliphatic carbocycles. The van der Waals surface area contributed by atoms with Gasteiger partial charge in [0.05, 0.1) is 16.4 Å². The summed E-state index contributed by atoms with van der Waals surface area (Å²) in [6.45, 7) is 7.55. The third kappa shape index (κ3) is 2.73. The Labute approximate surface area is 172 Å². The van der Waals surface area contributed by atoms with Gasteiger partial charge in [-0.15, -0.1) is 0 Å². The van der Waals surface area contributed by atoms with Gasteiger partial charge in [0.1, 0.15) is 12.4 Å². The molecule has 2 fully saturated rings. The molecule has 0 unspecified atom stereocenters. The quantitative estimate of drug-likeness (QED) is 0.566. The molecule has 0 bridgehead atoms. The van der Waals surface area contributed by atoms with Crippen LogP contribution in [0, 0.1) is 28.1 Å². The number of aldehydes is 1. The Morgan fingerprint density at radius 3 is 2.62 bits per heavy atom. The van der Waals surface area contributed by atoms with E-state index in [0.29, 0.717) is 32.1 Å². The molecule has 5 heteroatoms. The van der Waals surface area contributed by atoms with Crippen LogP contribution < -0.4 is 0 Å². The van der Waals surface area contributed by atoms with E-state index in [9.17, 15) is 19.5 Å². The molecule has 0 aromatic heterocycles. The number of carbonyl (C=O) groups excluding carboxylic acids is 3. The monoisotopic (exact) mass is 400 g/mol. The third-order valence-corrected chi connectivity index (χ3v) is 8.30. The van der Waals surface area contributed by atoms with Gasteiger partial charge in [0.2, 0.25) is 0 Å². The zero-order valence-corrected chi connectivity index (χ0v) is 17.9. The summed E-state index contributed by atoms with van der Waals surface area (Å²) in [5.41, 5.74) is -2.06. The van der Waals surface area contributed by atoms with Crippen molar-refractivity contribution in [2.24, 2.45) is 28.1 Å². The van der Waals surface area contributed by atoms with E-state index in [4.69, 9.17) is 4.74 Å². The highest BCUT2D eigenvalue weighted by atomic mass is 16.5. The van der Waals surface area contributed by atoms with Crippen LogP contribution in [-0.4, -0.2) is 34.9 Å². The maximum absolute atomic E-state index is 12.5. The second-order valence-electron chi connectivity index (χ2n) is 10.8. The minimum atomic E-state index is -1.03. The summed E-state index contributed by atoms with van der Waals surface area (Å²) in [5.74, 6) is -0.390. The fraction of sp³-hybridized carbons (Fsp3) is 0.708. The molecule has 0 radical (unpaired) electrons. The van der Waals surface area contributed by atoms with Crippen LogP contribution >= 0.6 is 0 Å². The number of allylic oxidation sites excluding steroid dienone is 3. The number of ketones is 1. The van der Waals surface area contributed by atoms with E-state index >= 15 is 0 Å². The Hall–Kier alpha value is -1.75. The second kappa shape index (κ2) is 6.37. The maximum atomic E-state index is 12.5. The highest BCUT2D eigenvalue weighted by Crippen LogP contribution is 2.65. The molecule has 5 nitrogen and oxygen atoms in total. The van der Waals surface area contributed by atoms with Crippen LogP contribution in [0.5, 0.6) is 0 Å². The molecule has 4 rings (SSSR count). The first kappa shape index (κ1) is 20.5. The number of aliphatic hydroxyl groups is 1. The van der Waals surface area contributed by atoms with Crippen molar-refractivity contribution >= 4 is 18.0 Å². The number of hydrogen-bond donors (Lipinski definition) is 1. The lowest BCUT2D eigenvalue weighted by molar-refractivity contribution is -0.192. The van der Waals surface area contributed by atoms with Crippen molar-refractivity contribution in [1.82, 2.24) is 0 Å². The summed E-state index contributed by atoms with van der Waals surface area (Å²) in [6.07, 6.45) is 9.71. The number of esters is 1. The average molecular weight is 401 g/mol. The average Bonchev–Trinajstić information content (AvgIpc) is 2.92. The number of rotatable bonds is 2. The van der Waals surface area contributed by atoms with Crippen LogP contribution in [0.4, 0.5) is 0 Å². The lowest BCUT2D eigenvalue weighted by Crippen LogP contribution is -2.61. The topological polar surface area (TPSA) is 80.7 Å². The van der Waals surface area contributed by atoms with Crippen molar-refractivity contribution < 1.29 is 24.2 Å². The first-order chi connectivity index (χ1) is 13.5. The summed E-state index contributed by atoms with van der Waals surface area (Å²) in [6, 6.07) is 0. The van der Waals surface area contributed by atoms with E-state index < -0.39 is 21.8 Å². The first-order valence-electron chi connectivity index (χ1n) is 10.8. The van der Waals surface area contributed by atoms with Crippen molar-refractivity contribution in [3.63, 3.8) is 0 Å². The molecule has 1 N–H and O–H groups in total. The normalized spacial score (nSPS) is 43.7. The van der Waals surface area contributed by atoms with Crippen molar-refractivity contribution in [2.45, 2.75) is 77.9 Å². The minimum absolute atomic E-state index is 0.0282. The van der Waals surface area contributed by atoms with Gasteiger partial charge in [0, 0.05) is 17.8 Å². The van der Waals surface area contributed by atoms with E-state index in [1.165, 1.54) is 0 Å². The van der Waals surface area contributed by atoms with Crippen LogP contribution in [0.1, 0.15) is 66.2 Å². The van der Waals surface area contributed by atoms with Crippen LogP contribution in [0.25, 0.3) is 0 Å². The van der Waals surface area contributed by atoms with Crippen LogP contribution in [0.3, 0.4) is 0 Å². The van der Waals surface area contributed by atoms with Gasteiger partial charge in [0.15, 0.2) is 5.78 Å². The number of ether oxygens (including phenoxy) is 1. The number of hydrogen-bond acceptors (Lipinski definition) is 5. The molecule has 29 heavy (non-hydrogen) atoms. The summed E-state index contributed by atoms with van der Waals surface area (Å²) < 4.78 is 5.92. The molecule has 0 saturated heterocycles. The number of carbonyl (C=O) groups is 3. The lowest BCUT2D eigenvalue weighted by atomic mass is 9.47.